The lowest BCUT2D eigenvalue weighted by atomic mass is 10.1. The molecule has 28 heavy (non-hydrogen) atoms. The van der Waals surface area contributed by atoms with Crippen molar-refractivity contribution in [2.45, 2.75) is 45.2 Å². The van der Waals surface area contributed by atoms with Gasteiger partial charge in [-0.25, -0.2) is 8.78 Å². The third kappa shape index (κ3) is 3.25. The summed E-state index contributed by atoms with van der Waals surface area (Å²) in [6.07, 6.45) is 3.31. The van der Waals surface area contributed by atoms with Gasteiger partial charge < -0.3 is 14.8 Å². The van der Waals surface area contributed by atoms with E-state index in [0.29, 0.717) is 12.2 Å². The zero-order valence-electron chi connectivity index (χ0n) is 15.5. The summed E-state index contributed by atoms with van der Waals surface area (Å²) in [6, 6.07) is 2.90. The molecule has 0 bridgehead atoms. The van der Waals surface area contributed by atoms with Crippen molar-refractivity contribution in [2.24, 2.45) is 5.92 Å². The molecule has 1 aromatic heterocycles. The van der Waals surface area contributed by atoms with Gasteiger partial charge in [0.15, 0.2) is 17.5 Å². The minimum absolute atomic E-state index is 0.249. The summed E-state index contributed by atoms with van der Waals surface area (Å²) in [5.74, 6) is -2.07. The van der Waals surface area contributed by atoms with Crippen LogP contribution >= 0.6 is 0 Å². The summed E-state index contributed by atoms with van der Waals surface area (Å²) in [6.45, 7) is 2.91. The normalized spacial score (nSPS) is 20.2. The molecule has 1 saturated heterocycles. The van der Waals surface area contributed by atoms with Gasteiger partial charge in [-0.3, -0.25) is 9.59 Å². The predicted octanol–water partition coefficient (Wildman–Crippen LogP) is 2.12. The number of aromatic nitrogens is 3. The SMILES string of the molecule is CC(NC(=O)C1CCN(c2ccc(F)c(F)c2)C1=O)c1nnc2n1CCCC2. The molecule has 148 valence electrons. The molecule has 0 saturated carbocycles. The number of amides is 2. The fourth-order valence-electron chi connectivity index (χ4n) is 3.86. The first-order chi connectivity index (χ1) is 13.5. The first-order valence-electron chi connectivity index (χ1n) is 9.44. The highest BCUT2D eigenvalue weighted by Crippen LogP contribution is 2.27. The van der Waals surface area contributed by atoms with Crippen molar-refractivity contribution >= 4 is 17.5 Å². The maximum atomic E-state index is 13.5. The molecule has 2 unspecified atom stereocenters. The van der Waals surface area contributed by atoms with Crippen LogP contribution in [-0.2, 0) is 22.6 Å². The fourth-order valence-corrected chi connectivity index (χ4v) is 3.86. The minimum atomic E-state index is -1.02. The van der Waals surface area contributed by atoms with Crippen LogP contribution < -0.4 is 10.2 Å². The van der Waals surface area contributed by atoms with E-state index >= 15 is 0 Å². The largest absolute Gasteiger partial charge is 0.346 e. The van der Waals surface area contributed by atoms with Crippen LogP contribution in [0.1, 0.15) is 43.9 Å². The van der Waals surface area contributed by atoms with Gasteiger partial charge in [-0.2, -0.15) is 0 Å². The number of hydrogen-bond acceptors (Lipinski definition) is 4. The Kier molecular flexibility index (Phi) is 4.82. The number of carbonyl (C=O) groups excluding carboxylic acids is 2. The Morgan fingerprint density at radius 3 is 2.82 bits per heavy atom. The highest BCUT2D eigenvalue weighted by molar-refractivity contribution is 6.09. The van der Waals surface area contributed by atoms with Crippen LogP contribution in [-0.4, -0.2) is 33.1 Å². The van der Waals surface area contributed by atoms with E-state index in [4.69, 9.17) is 0 Å². The van der Waals surface area contributed by atoms with Crippen LogP contribution in [0.2, 0.25) is 0 Å². The Morgan fingerprint density at radius 1 is 1.21 bits per heavy atom. The summed E-state index contributed by atoms with van der Waals surface area (Å²) in [5.41, 5.74) is 0.249. The molecule has 9 heteroatoms. The van der Waals surface area contributed by atoms with Crippen molar-refractivity contribution in [1.82, 2.24) is 20.1 Å². The number of fused-ring (bicyclic) bond motifs is 1. The summed E-state index contributed by atoms with van der Waals surface area (Å²) in [4.78, 5) is 26.7. The number of nitrogens with one attached hydrogen (secondary N) is 1. The molecule has 1 aromatic carbocycles. The van der Waals surface area contributed by atoms with Gasteiger partial charge in [0.25, 0.3) is 0 Å². The Balaban J connectivity index is 1.44. The van der Waals surface area contributed by atoms with E-state index in [0.717, 1.165) is 43.8 Å². The monoisotopic (exact) mass is 389 g/mol. The molecule has 1 fully saturated rings. The van der Waals surface area contributed by atoms with Crippen LogP contribution in [0.3, 0.4) is 0 Å². The zero-order chi connectivity index (χ0) is 19.8. The van der Waals surface area contributed by atoms with E-state index < -0.39 is 29.4 Å². The van der Waals surface area contributed by atoms with Crippen molar-refractivity contribution in [3.8, 4) is 0 Å². The van der Waals surface area contributed by atoms with E-state index in [1.165, 1.54) is 11.0 Å². The summed E-state index contributed by atoms with van der Waals surface area (Å²) in [5, 5.41) is 11.2. The molecule has 2 aromatic rings. The molecule has 0 spiro atoms. The van der Waals surface area contributed by atoms with E-state index in [-0.39, 0.29) is 18.3 Å². The number of hydrogen-bond donors (Lipinski definition) is 1. The van der Waals surface area contributed by atoms with E-state index in [2.05, 4.69) is 15.5 Å². The van der Waals surface area contributed by atoms with Gasteiger partial charge in [0, 0.05) is 31.3 Å². The molecule has 2 amide bonds. The van der Waals surface area contributed by atoms with Crippen LogP contribution in [0.4, 0.5) is 14.5 Å². The molecule has 4 rings (SSSR count). The molecule has 2 atom stereocenters. The number of carbonyl (C=O) groups is 2. The highest BCUT2D eigenvalue weighted by atomic mass is 19.2. The molecule has 2 aliphatic rings. The predicted molar refractivity (Wildman–Crippen MR) is 96.3 cm³/mol. The number of anilines is 1. The Bertz CT molecular complexity index is 929. The first kappa shape index (κ1) is 18.5. The van der Waals surface area contributed by atoms with Gasteiger partial charge in [0.2, 0.25) is 11.8 Å². The van der Waals surface area contributed by atoms with Crippen molar-refractivity contribution in [1.29, 1.82) is 0 Å². The highest BCUT2D eigenvalue weighted by Gasteiger charge is 2.38. The summed E-state index contributed by atoms with van der Waals surface area (Å²) < 4.78 is 28.6. The van der Waals surface area contributed by atoms with Crippen LogP contribution in [0.15, 0.2) is 18.2 Å². The van der Waals surface area contributed by atoms with Crippen LogP contribution in [0.25, 0.3) is 0 Å². The topological polar surface area (TPSA) is 80.1 Å². The Labute approximate surface area is 160 Å². The molecule has 0 radical (unpaired) electrons. The van der Waals surface area contributed by atoms with Gasteiger partial charge in [-0.1, -0.05) is 0 Å². The van der Waals surface area contributed by atoms with Crippen molar-refractivity contribution < 1.29 is 18.4 Å². The number of rotatable bonds is 4. The van der Waals surface area contributed by atoms with E-state index in [9.17, 15) is 18.4 Å². The van der Waals surface area contributed by atoms with Crippen LogP contribution in [0.5, 0.6) is 0 Å². The quantitative estimate of drug-likeness (QED) is 0.813. The van der Waals surface area contributed by atoms with Crippen LogP contribution in [0, 0.1) is 17.6 Å². The molecule has 3 heterocycles. The Hall–Kier alpha value is -2.84. The van der Waals surface area contributed by atoms with Crippen molar-refractivity contribution in [2.75, 3.05) is 11.4 Å². The lowest BCUT2D eigenvalue weighted by Crippen LogP contribution is -2.38. The van der Waals surface area contributed by atoms with Gasteiger partial charge in [-0.15, -0.1) is 10.2 Å². The third-order valence-corrected chi connectivity index (χ3v) is 5.37. The van der Waals surface area contributed by atoms with E-state index in [1.807, 2.05) is 11.5 Å². The number of benzene rings is 1. The second-order valence-corrected chi connectivity index (χ2v) is 7.24. The van der Waals surface area contributed by atoms with Crippen molar-refractivity contribution in [3.05, 3.63) is 41.5 Å². The standard InChI is InChI=1S/C19H21F2N5O2/c1-11(17-24-23-16-4-2-3-8-26(16)17)22-18(27)13-7-9-25(19(13)28)12-5-6-14(20)15(21)10-12/h5-6,10-11,13H,2-4,7-9H2,1H3,(H,22,27). The number of nitrogens with zero attached hydrogens (tertiary/aromatic N) is 4. The van der Waals surface area contributed by atoms with Gasteiger partial charge in [-0.05, 0) is 38.3 Å². The summed E-state index contributed by atoms with van der Waals surface area (Å²) >= 11 is 0. The lowest BCUT2D eigenvalue weighted by Gasteiger charge is -2.20. The Morgan fingerprint density at radius 2 is 2.04 bits per heavy atom. The van der Waals surface area contributed by atoms with Crippen molar-refractivity contribution in [3.63, 3.8) is 0 Å². The molecular formula is C19H21F2N5O2. The third-order valence-electron chi connectivity index (χ3n) is 5.37. The smallest absolute Gasteiger partial charge is 0.239 e. The number of halogens is 2. The van der Waals surface area contributed by atoms with E-state index in [1.54, 1.807) is 0 Å². The summed E-state index contributed by atoms with van der Waals surface area (Å²) in [7, 11) is 0. The van der Waals surface area contributed by atoms with Gasteiger partial charge in [0.1, 0.15) is 11.7 Å². The molecule has 0 aliphatic carbocycles. The minimum Gasteiger partial charge on any atom is -0.346 e. The number of aryl methyl sites for hydroxylation is 1. The average molecular weight is 389 g/mol. The second-order valence-electron chi connectivity index (χ2n) is 7.24. The lowest BCUT2D eigenvalue weighted by molar-refractivity contribution is -0.132. The van der Waals surface area contributed by atoms with Gasteiger partial charge in [0.05, 0.1) is 6.04 Å². The molecule has 7 nitrogen and oxygen atoms in total. The maximum Gasteiger partial charge on any atom is 0.239 e. The molecule has 1 N–H and O–H groups in total. The average Bonchev–Trinajstić information content (AvgIpc) is 3.27. The maximum absolute atomic E-state index is 13.5. The fraction of sp³-hybridized carbons (Fsp3) is 0.474. The molecule has 2 aliphatic heterocycles. The zero-order valence-corrected chi connectivity index (χ0v) is 15.5. The molecular weight excluding hydrogens is 368 g/mol. The second kappa shape index (κ2) is 7.29. The van der Waals surface area contributed by atoms with Gasteiger partial charge >= 0.3 is 0 Å². The first-order valence-corrected chi connectivity index (χ1v) is 9.44.